The van der Waals surface area contributed by atoms with Gasteiger partial charge in [-0.05, 0) is 12.1 Å². The van der Waals surface area contributed by atoms with E-state index >= 15 is 0 Å². The minimum Gasteiger partial charge on any atom is -0.354 e. The van der Waals surface area contributed by atoms with Crippen molar-refractivity contribution < 1.29 is 4.79 Å². The predicted octanol–water partition coefficient (Wildman–Crippen LogP) is 2.19. The molecule has 0 fully saturated rings. The second-order valence-electron chi connectivity index (χ2n) is 3.53. The van der Waals surface area contributed by atoms with Crippen LogP contribution in [0.1, 0.15) is 6.42 Å². The van der Waals surface area contributed by atoms with Crippen LogP contribution in [0, 0.1) is 0 Å². The average molecular weight is 263 g/mol. The van der Waals surface area contributed by atoms with Gasteiger partial charge in [-0.2, -0.15) is 4.98 Å². The third kappa shape index (κ3) is 3.24. The first-order chi connectivity index (χ1) is 8.79. The van der Waals surface area contributed by atoms with Crippen molar-refractivity contribution in [2.75, 3.05) is 11.9 Å². The highest BCUT2D eigenvalue weighted by Crippen LogP contribution is 2.19. The molecule has 2 rings (SSSR count). The van der Waals surface area contributed by atoms with Gasteiger partial charge in [0.1, 0.15) is 12.6 Å². The molecule has 92 valence electrons. The molecule has 1 aromatic heterocycles. The van der Waals surface area contributed by atoms with Crippen molar-refractivity contribution >= 4 is 23.8 Å². The van der Waals surface area contributed by atoms with E-state index < -0.39 is 0 Å². The van der Waals surface area contributed by atoms with E-state index in [0.717, 1.165) is 11.8 Å². The lowest BCUT2D eigenvalue weighted by Gasteiger charge is -2.04. The summed E-state index contributed by atoms with van der Waals surface area (Å²) in [6.45, 7) is 0.502. The van der Waals surface area contributed by atoms with Crippen molar-refractivity contribution in [3.63, 3.8) is 0 Å². The Bertz CT molecular complexity index is 547. The third-order valence-electron chi connectivity index (χ3n) is 2.20. The Morgan fingerprint density at radius 3 is 3.00 bits per heavy atom. The Hall–Kier alpha value is -2.01. The SMILES string of the molecule is O=CCCNc1ncnc(-c2cccc(Cl)c2)n1. The van der Waals surface area contributed by atoms with Crippen LogP contribution in [0.4, 0.5) is 5.95 Å². The fourth-order valence-electron chi connectivity index (χ4n) is 1.39. The molecule has 0 radical (unpaired) electrons. The van der Waals surface area contributed by atoms with Crippen LogP contribution in [0.15, 0.2) is 30.6 Å². The van der Waals surface area contributed by atoms with Crippen LogP contribution in [0.25, 0.3) is 11.4 Å². The van der Waals surface area contributed by atoms with Gasteiger partial charge in [-0.15, -0.1) is 0 Å². The molecular formula is C12H11ClN4O. The van der Waals surface area contributed by atoms with E-state index in [2.05, 4.69) is 20.3 Å². The van der Waals surface area contributed by atoms with Crippen molar-refractivity contribution in [2.24, 2.45) is 0 Å². The number of nitrogens with zero attached hydrogens (tertiary/aromatic N) is 3. The lowest BCUT2D eigenvalue weighted by molar-refractivity contribution is -0.107. The van der Waals surface area contributed by atoms with E-state index in [1.165, 1.54) is 6.33 Å². The van der Waals surface area contributed by atoms with Crippen molar-refractivity contribution in [2.45, 2.75) is 6.42 Å². The quantitative estimate of drug-likeness (QED) is 0.661. The first-order valence-electron chi connectivity index (χ1n) is 5.42. The van der Waals surface area contributed by atoms with Gasteiger partial charge in [0.2, 0.25) is 5.95 Å². The third-order valence-corrected chi connectivity index (χ3v) is 2.44. The molecule has 0 bridgehead atoms. The summed E-state index contributed by atoms with van der Waals surface area (Å²) in [4.78, 5) is 22.5. The number of carbonyl (C=O) groups is 1. The Morgan fingerprint density at radius 2 is 2.22 bits per heavy atom. The van der Waals surface area contributed by atoms with E-state index in [0.29, 0.717) is 29.8 Å². The molecule has 2 aromatic rings. The van der Waals surface area contributed by atoms with Crippen LogP contribution in [0.5, 0.6) is 0 Å². The van der Waals surface area contributed by atoms with E-state index in [4.69, 9.17) is 11.6 Å². The number of halogens is 1. The van der Waals surface area contributed by atoms with Crippen LogP contribution in [0.2, 0.25) is 5.02 Å². The summed E-state index contributed by atoms with van der Waals surface area (Å²) in [5.41, 5.74) is 0.823. The standard InChI is InChI=1S/C12H11ClN4O/c13-10-4-1-3-9(7-10)11-15-8-16-12(17-11)14-5-2-6-18/h1,3-4,6-8H,2,5H2,(H,14,15,16,17). The zero-order valence-electron chi connectivity index (χ0n) is 9.51. The first kappa shape index (κ1) is 12.4. The predicted molar refractivity (Wildman–Crippen MR) is 69.4 cm³/mol. The zero-order valence-corrected chi connectivity index (χ0v) is 10.3. The lowest BCUT2D eigenvalue weighted by Crippen LogP contribution is -2.06. The number of aromatic nitrogens is 3. The fourth-order valence-corrected chi connectivity index (χ4v) is 1.58. The van der Waals surface area contributed by atoms with E-state index in [-0.39, 0.29) is 0 Å². The van der Waals surface area contributed by atoms with Crippen molar-refractivity contribution in [3.05, 3.63) is 35.6 Å². The molecule has 1 aromatic carbocycles. The van der Waals surface area contributed by atoms with Crippen LogP contribution >= 0.6 is 11.6 Å². The van der Waals surface area contributed by atoms with Gasteiger partial charge in [-0.25, -0.2) is 9.97 Å². The number of carbonyl (C=O) groups excluding carboxylic acids is 1. The van der Waals surface area contributed by atoms with Crippen molar-refractivity contribution in [3.8, 4) is 11.4 Å². The van der Waals surface area contributed by atoms with Crippen molar-refractivity contribution in [1.82, 2.24) is 15.0 Å². The minimum atomic E-state index is 0.415. The minimum absolute atomic E-state index is 0.415. The monoisotopic (exact) mass is 262 g/mol. The molecule has 0 saturated carbocycles. The van der Waals surface area contributed by atoms with Gasteiger partial charge in [0.25, 0.3) is 0 Å². The summed E-state index contributed by atoms with van der Waals surface area (Å²) in [7, 11) is 0. The molecule has 18 heavy (non-hydrogen) atoms. The average Bonchev–Trinajstić information content (AvgIpc) is 2.39. The van der Waals surface area contributed by atoms with Crippen LogP contribution < -0.4 is 5.32 Å². The molecule has 1 N–H and O–H groups in total. The summed E-state index contributed by atoms with van der Waals surface area (Å²) < 4.78 is 0. The second-order valence-corrected chi connectivity index (χ2v) is 3.96. The Balaban J connectivity index is 2.18. The van der Waals surface area contributed by atoms with Gasteiger partial charge in [0.05, 0.1) is 0 Å². The molecular weight excluding hydrogens is 252 g/mol. The molecule has 0 spiro atoms. The highest BCUT2D eigenvalue weighted by atomic mass is 35.5. The Kier molecular flexibility index (Phi) is 4.20. The normalized spacial score (nSPS) is 10.1. The van der Waals surface area contributed by atoms with Crippen LogP contribution in [-0.4, -0.2) is 27.8 Å². The van der Waals surface area contributed by atoms with Gasteiger partial charge < -0.3 is 10.1 Å². The first-order valence-corrected chi connectivity index (χ1v) is 5.80. The molecule has 0 amide bonds. The Morgan fingerprint density at radius 1 is 1.33 bits per heavy atom. The summed E-state index contributed by atoms with van der Waals surface area (Å²) in [5.74, 6) is 0.989. The number of nitrogens with one attached hydrogen (secondary N) is 1. The summed E-state index contributed by atoms with van der Waals surface area (Å²) in [5, 5.41) is 3.57. The smallest absolute Gasteiger partial charge is 0.226 e. The molecule has 0 aliphatic rings. The number of hydrogen-bond donors (Lipinski definition) is 1. The van der Waals surface area contributed by atoms with E-state index in [1.807, 2.05) is 12.1 Å². The molecule has 0 aliphatic carbocycles. The second kappa shape index (κ2) is 6.07. The van der Waals surface area contributed by atoms with Crippen LogP contribution in [0.3, 0.4) is 0 Å². The van der Waals surface area contributed by atoms with Gasteiger partial charge in [0.15, 0.2) is 5.82 Å². The van der Waals surface area contributed by atoms with Gasteiger partial charge >= 0.3 is 0 Å². The summed E-state index contributed by atoms with van der Waals surface area (Å²) in [6, 6.07) is 7.28. The lowest BCUT2D eigenvalue weighted by atomic mass is 10.2. The van der Waals surface area contributed by atoms with E-state index in [9.17, 15) is 4.79 Å². The molecule has 5 nitrogen and oxygen atoms in total. The number of benzene rings is 1. The number of hydrogen-bond acceptors (Lipinski definition) is 5. The zero-order chi connectivity index (χ0) is 12.8. The summed E-state index contributed by atoms with van der Waals surface area (Å²) in [6.07, 6.45) is 2.68. The van der Waals surface area contributed by atoms with Gasteiger partial charge in [-0.1, -0.05) is 23.7 Å². The maximum absolute atomic E-state index is 10.2. The fraction of sp³-hybridized carbons (Fsp3) is 0.167. The summed E-state index contributed by atoms with van der Waals surface area (Å²) >= 11 is 5.91. The maximum Gasteiger partial charge on any atom is 0.226 e. The molecule has 0 unspecified atom stereocenters. The number of rotatable bonds is 5. The highest BCUT2D eigenvalue weighted by molar-refractivity contribution is 6.30. The molecule has 1 heterocycles. The molecule has 0 saturated heterocycles. The largest absolute Gasteiger partial charge is 0.354 e. The number of anilines is 1. The van der Waals surface area contributed by atoms with E-state index in [1.54, 1.807) is 12.1 Å². The topological polar surface area (TPSA) is 67.8 Å². The molecule has 0 atom stereocenters. The van der Waals surface area contributed by atoms with Gasteiger partial charge in [-0.3, -0.25) is 0 Å². The maximum atomic E-state index is 10.2. The molecule has 0 aliphatic heterocycles. The number of aldehydes is 1. The van der Waals surface area contributed by atoms with Gasteiger partial charge in [0, 0.05) is 23.6 Å². The van der Waals surface area contributed by atoms with Crippen LogP contribution in [-0.2, 0) is 4.79 Å². The van der Waals surface area contributed by atoms with Crippen molar-refractivity contribution in [1.29, 1.82) is 0 Å². The highest BCUT2D eigenvalue weighted by Gasteiger charge is 2.03. The molecule has 6 heteroatoms. The Labute approximate surface area is 109 Å².